The minimum Gasteiger partial charge on any atom is -0.390 e. The van der Waals surface area contributed by atoms with Gasteiger partial charge in [-0.05, 0) is 17.7 Å². The highest BCUT2D eigenvalue weighted by molar-refractivity contribution is 5.85. The molecule has 2 N–H and O–H groups in total. The first-order valence-corrected chi connectivity index (χ1v) is 6.97. The van der Waals surface area contributed by atoms with Gasteiger partial charge in [0.2, 0.25) is 0 Å². The third-order valence-electron chi connectivity index (χ3n) is 3.74. The lowest BCUT2D eigenvalue weighted by Gasteiger charge is -2.39. The summed E-state index contributed by atoms with van der Waals surface area (Å²) in [6.45, 7) is -0.749. The molecule has 1 aliphatic rings. The zero-order chi connectivity index (χ0) is 17.3. The molecule has 1 saturated heterocycles. The largest absolute Gasteiger partial charge is 0.416 e. The van der Waals surface area contributed by atoms with E-state index in [0.717, 1.165) is 0 Å². The van der Waals surface area contributed by atoms with Gasteiger partial charge in [0.15, 0.2) is 0 Å². The van der Waals surface area contributed by atoms with E-state index >= 15 is 0 Å². The lowest BCUT2D eigenvalue weighted by atomic mass is 9.93. The first-order valence-electron chi connectivity index (χ1n) is 6.97. The molecule has 0 radical (unpaired) electrons. The normalized spacial score (nSPS) is 18.1. The summed E-state index contributed by atoms with van der Waals surface area (Å²) in [6, 6.07) is -0.341. The Morgan fingerprint density at radius 2 is 1.71 bits per heavy atom. The summed E-state index contributed by atoms with van der Waals surface area (Å²) in [5, 5.41) is 11.9. The monoisotopic (exact) mass is 378 g/mol. The highest BCUT2D eigenvalue weighted by Crippen LogP contribution is 2.43. The van der Waals surface area contributed by atoms with Crippen LogP contribution in [-0.2, 0) is 6.18 Å². The molecule has 2 rings (SSSR count). The molecule has 1 atom stereocenters. The molecule has 0 aromatic heterocycles. The van der Waals surface area contributed by atoms with E-state index in [9.17, 15) is 26.3 Å². The topological polar surface area (TPSA) is 35.5 Å². The maximum absolute atomic E-state index is 14.2. The number of hydrogen-bond donors (Lipinski definition) is 2. The fraction of sp³-hybridized carbons (Fsp3) is 0.571. The minimum atomic E-state index is -4.98. The summed E-state index contributed by atoms with van der Waals surface area (Å²) in [5.41, 5.74) is -2.19. The Bertz CT molecular complexity index is 549. The summed E-state index contributed by atoms with van der Waals surface area (Å²) < 4.78 is 81.0. The predicted molar refractivity (Wildman–Crippen MR) is 77.9 cm³/mol. The van der Waals surface area contributed by atoms with Gasteiger partial charge in [-0.2, -0.15) is 13.2 Å². The van der Waals surface area contributed by atoms with Gasteiger partial charge >= 0.3 is 6.18 Å². The number of nitrogens with zero attached hydrogens (tertiary/aromatic N) is 1. The van der Waals surface area contributed by atoms with Crippen LogP contribution in [0.1, 0.15) is 17.2 Å². The molecule has 0 spiro atoms. The Hall–Kier alpha value is -1.03. The highest BCUT2D eigenvalue weighted by Gasteiger charge is 2.48. The fourth-order valence-corrected chi connectivity index (χ4v) is 2.73. The molecule has 1 aliphatic heterocycles. The number of hydrogen-bond acceptors (Lipinski definition) is 3. The fourth-order valence-electron chi connectivity index (χ4n) is 2.73. The SMILES string of the molecule is Cl.OCC(F)(F)[C@H](c1ccc(F)cc1C(F)(F)F)N1CCNCC1. The zero-order valence-electron chi connectivity index (χ0n) is 12.4. The highest BCUT2D eigenvalue weighted by atomic mass is 35.5. The van der Waals surface area contributed by atoms with Crippen molar-refractivity contribution in [1.29, 1.82) is 0 Å². The number of piperazine rings is 1. The maximum atomic E-state index is 14.2. The predicted octanol–water partition coefficient (Wildman–Crippen LogP) is 2.84. The van der Waals surface area contributed by atoms with Crippen LogP contribution >= 0.6 is 12.4 Å². The number of aliphatic hydroxyl groups excluding tert-OH is 1. The Balaban J connectivity index is 0.00000288. The summed E-state index contributed by atoms with van der Waals surface area (Å²) in [4.78, 5) is 1.18. The molecule has 0 bridgehead atoms. The Morgan fingerprint density at radius 3 is 2.21 bits per heavy atom. The summed E-state index contributed by atoms with van der Waals surface area (Å²) in [5.74, 6) is -4.96. The van der Waals surface area contributed by atoms with Crippen molar-refractivity contribution in [3.63, 3.8) is 0 Å². The van der Waals surface area contributed by atoms with Crippen LogP contribution < -0.4 is 5.32 Å². The number of halogens is 7. The van der Waals surface area contributed by atoms with Gasteiger partial charge in [-0.15, -0.1) is 12.4 Å². The molecule has 1 fully saturated rings. The molecule has 0 unspecified atom stereocenters. The molecule has 138 valence electrons. The van der Waals surface area contributed by atoms with Crippen LogP contribution in [0.15, 0.2) is 18.2 Å². The second-order valence-corrected chi connectivity index (χ2v) is 5.34. The van der Waals surface area contributed by atoms with Gasteiger partial charge in [0.05, 0.1) is 5.56 Å². The van der Waals surface area contributed by atoms with Gasteiger partial charge in [0, 0.05) is 26.2 Å². The molecule has 1 aromatic carbocycles. The van der Waals surface area contributed by atoms with Crippen LogP contribution in [0, 0.1) is 5.82 Å². The van der Waals surface area contributed by atoms with Crippen molar-refractivity contribution in [3.05, 3.63) is 35.1 Å². The number of aliphatic hydroxyl groups is 1. The van der Waals surface area contributed by atoms with Crippen LogP contribution in [0.4, 0.5) is 26.3 Å². The molecule has 3 nitrogen and oxygen atoms in total. The average molecular weight is 379 g/mol. The Morgan fingerprint density at radius 1 is 1.12 bits per heavy atom. The molecule has 0 aliphatic carbocycles. The first kappa shape index (κ1) is 21.0. The number of benzene rings is 1. The van der Waals surface area contributed by atoms with Gasteiger partial charge in [-0.25, -0.2) is 13.2 Å². The second-order valence-electron chi connectivity index (χ2n) is 5.34. The van der Waals surface area contributed by atoms with Gasteiger partial charge in [0.25, 0.3) is 5.92 Å². The van der Waals surface area contributed by atoms with E-state index in [1.165, 1.54) is 4.90 Å². The van der Waals surface area contributed by atoms with E-state index in [0.29, 0.717) is 25.2 Å². The first-order chi connectivity index (χ1) is 10.7. The van der Waals surface area contributed by atoms with Crippen molar-refractivity contribution in [3.8, 4) is 0 Å². The van der Waals surface area contributed by atoms with Gasteiger partial charge in [0.1, 0.15) is 18.5 Å². The smallest absolute Gasteiger partial charge is 0.390 e. The average Bonchev–Trinajstić information content (AvgIpc) is 2.49. The van der Waals surface area contributed by atoms with Crippen molar-refractivity contribution in [2.75, 3.05) is 32.8 Å². The second kappa shape index (κ2) is 7.90. The lowest BCUT2D eigenvalue weighted by molar-refractivity contribution is -0.145. The molecule has 0 amide bonds. The van der Waals surface area contributed by atoms with Crippen molar-refractivity contribution in [2.45, 2.75) is 18.1 Å². The van der Waals surface area contributed by atoms with Crippen LogP contribution in [0.2, 0.25) is 0 Å². The molecule has 1 heterocycles. The summed E-state index contributed by atoms with van der Waals surface area (Å²) >= 11 is 0. The lowest BCUT2D eigenvalue weighted by Crippen LogP contribution is -2.51. The van der Waals surface area contributed by atoms with E-state index in [-0.39, 0.29) is 31.6 Å². The van der Waals surface area contributed by atoms with Crippen LogP contribution in [0.25, 0.3) is 0 Å². The third-order valence-corrected chi connectivity index (χ3v) is 3.74. The van der Waals surface area contributed by atoms with Crippen molar-refractivity contribution in [1.82, 2.24) is 10.2 Å². The van der Waals surface area contributed by atoms with Gasteiger partial charge in [-0.3, -0.25) is 4.90 Å². The van der Waals surface area contributed by atoms with Gasteiger partial charge in [-0.1, -0.05) is 6.07 Å². The van der Waals surface area contributed by atoms with Crippen molar-refractivity contribution >= 4 is 12.4 Å². The number of alkyl halides is 5. The van der Waals surface area contributed by atoms with Crippen molar-refractivity contribution in [2.24, 2.45) is 0 Å². The van der Waals surface area contributed by atoms with Crippen LogP contribution in [-0.4, -0.2) is 48.7 Å². The van der Waals surface area contributed by atoms with Crippen molar-refractivity contribution < 1.29 is 31.4 Å². The quantitative estimate of drug-likeness (QED) is 0.791. The van der Waals surface area contributed by atoms with E-state index in [1.807, 2.05) is 0 Å². The van der Waals surface area contributed by atoms with E-state index < -0.39 is 41.7 Å². The van der Waals surface area contributed by atoms with E-state index in [4.69, 9.17) is 5.11 Å². The Kier molecular flexibility index (Phi) is 6.92. The number of nitrogens with one attached hydrogen (secondary N) is 1. The maximum Gasteiger partial charge on any atom is 0.416 e. The van der Waals surface area contributed by atoms with Crippen LogP contribution in [0.5, 0.6) is 0 Å². The van der Waals surface area contributed by atoms with Gasteiger partial charge < -0.3 is 10.4 Å². The van der Waals surface area contributed by atoms with Crippen LogP contribution in [0.3, 0.4) is 0 Å². The molecule has 10 heteroatoms. The minimum absolute atomic E-state index is 0. The molecule has 0 saturated carbocycles. The number of rotatable bonds is 4. The standard InChI is InChI=1S/C14H16F6N2O.ClH/c15-9-1-2-10(11(7-9)14(18,19)20)12(13(16,17)8-23)22-5-3-21-4-6-22;/h1-2,7,12,21,23H,3-6,8H2;1H/t12-;/m0./s1. The summed E-state index contributed by atoms with van der Waals surface area (Å²) in [7, 11) is 0. The summed E-state index contributed by atoms with van der Waals surface area (Å²) in [6.07, 6.45) is -4.98. The zero-order valence-corrected chi connectivity index (χ0v) is 13.2. The third kappa shape index (κ3) is 4.53. The molecule has 24 heavy (non-hydrogen) atoms. The molecule has 1 aromatic rings. The molecular weight excluding hydrogens is 362 g/mol. The Labute approximate surface area is 141 Å². The van der Waals surface area contributed by atoms with E-state index in [2.05, 4.69) is 5.32 Å². The molecular formula is C14H17ClF6N2O. The van der Waals surface area contributed by atoms with E-state index in [1.54, 1.807) is 0 Å².